The van der Waals surface area contributed by atoms with Crippen molar-refractivity contribution < 1.29 is 37.4 Å². The molecule has 1 N–H and O–H groups in total. The van der Waals surface area contributed by atoms with Crippen molar-refractivity contribution >= 4 is 36.1 Å². The number of likely N-dealkylation sites (tertiary alicyclic amines) is 1. The molecule has 0 aromatic heterocycles. The van der Waals surface area contributed by atoms with E-state index in [0.717, 1.165) is 15.4 Å². The number of carbonyl (C=O) groups excluding carboxylic acids is 2. The summed E-state index contributed by atoms with van der Waals surface area (Å²) in [5.41, 5.74) is -2.32. The van der Waals surface area contributed by atoms with Gasteiger partial charge in [-0.25, -0.2) is 13.2 Å². The topological polar surface area (TPSA) is 131 Å². The predicted octanol–water partition coefficient (Wildman–Crippen LogP) is 4.51. The predicted molar refractivity (Wildman–Crippen MR) is 161 cm³/mol. The van der Waals surface area contributed by atoms with Gasteiger partial charge in [-0.1, -0.05) is 73.7 Å². The minimum Gasteiger partial charge on any atom is -0.480 e. The second-order valence-corrected chi connectivity index (χ2v) is 20.7. The van der Waals surface area contributed by atoms with Gasteiger partial charge in [-0.15, -0.1) is 0 Å². The number of methoxy groups -OCH3 is 1. The Hall–Kier alpha value is -3.22. The molecule has 12 heteroatoms. The van der Waals surface area contributed by atoms with E-state index in [4.69, 9.17) is 9.47 Å². The van der Waals surface area contributed by atoms with Gasteiger partial charge in [0.1, 0.15) is 12.1 Å². The van der Waals surface area contributed by atoms with Gasteiger partial charge in [0.15, 0.2) is 5.54 Å². The van der Waals surface area contributed by atoms with Crippen molar-refractivity contribution in [3.63, 3.8) is 0 Å². The van der Waals surface area contributed by atoms with Crippen molar-refractivity contribution in [3.05, 3.63) is 65.7 Å². The van der Waals surface area contributed by atoms with Gasteiger partial charge in [0.2, 0.25) is 10.0 Å². The number of carboxylic acids is 1. The Morgan fingerprint density at radius 2 is 1.70 bits per heavy atom. The molecule has 5 rings (SSSR count). The molecule has 1 amide bonds. The lowest BCUT2D eigenvalue weighted by Crippen LogP contribution is -2.67. The monoisotopic (exact) mass is 628 g/mol. The number of benzene rings is 2. The van der Waals surface area contributed by atoms with Crippen LogP contribution in [0.5, 0.6) is 0 Å². The fourth-order valence-electron chi connectivity index (χ4n) is 7.56. The summed E-state index contributed by atoms with van der Waals surface area (Å²) in [7, 11) is -5.35. The Kier molecular flexibility index (Phi) is 8.02. The molecule has 0 unspecified atom stereocenters. The maximum Gasteiger partial charge on any atom is 0.410 e. The van der Waals surface area contributed by atoms with E-state index >= 15 is 0 Å². The number of hydrogen-bond donors (Lipinski definition) is 1. The Balaban J connectivity index is 1.71. The SMILES string of the molecule is COC(=O)[C@]12CC[C@H]3CN(C(=O)OCc4ccccc4)[C@H]([C@H]31)[C@](CC[Si](C)(C)C)(C(=O)O)N2S(=O)(=O)c1ccc(C)cc1. The number of esters is 1. The molecule has 5 atom stereocenters. The highest BCUT2D eigenvalue weighted by Crippen LogP contribution is 2.64. The lowest BCUT2D eigenvalue weighted by molar-refractivity contribution is -0.158. The van der Waals surface area contributed by atoms with Crippen LogP contribution in [0.25, 0.3) is 0 Å². The molecule has 3 aliphatic rings. The summed E-state index contributed by atoms with van der Waals surface area (Å²) in [6, 6.07) is 14.6. The lowest BCUT2D eigenvalue weighted by atomic mass is 9.79. The summed E-state index contributed by atoms with van der Waals surface area (Å²) in [5.74, 6) is -3.26. The van der Waals surface area contributed by atoms with Gasteiger partial charge in [0, 0.05) is 20.5 Å². The number of ether oxygens (including phenoxy) is 2. The number of hydrogen-bond acceptors (Lipinski definition) is 7. The highest BCUT2D eigenvalue weighted by molar-refractivity contribution is 7.89. The molecular formula is C31H40N2O8SSi. The molecule has 232 valence electrons. The first-order valence-corrected chi connectivity index (χ1v) is 19.8. The second-order valence-electron chi connectivity index (χ2n) is 13.3. The minimum absolute atomic E-state index is 0.0271. The Morgan fingerprint density at radius 1 is 1.05 bits per heavy atom. The quantitative estimate of drug-likeness (QED) is 0.317. The van der Waals surface area contributed by atoms with E-state index in [1.807, 2.05) is 37.3 Å². The normalized spacial score (nSPS) is 28.5. The van der Waals surface area contributed by atoms with Crippen LogP contribution >= 0.6 is 0 Å². The molecule has 0 bridgehead atoms. The average Bonchev–Trinajstić information content (AvgIpc) is 3.61. The summed E-state index contributed by atoms with van der Waals surface area (Å²) in [5, 5.41) is 11.2. The molecule has 2 aliphatic heterocycles. The molecule has 2 aromatic rings. The summed E-state index contributed by atoms with van der Waals surface area (Å²) in [6.07, 6.45) is -0.248. The number of nitrogens with zero attached hydrogens (tertiary/aromatic N) is 2. The zero-order valence-electron chi connectivity index (χ0n) is 25.3. The van der Waals surface area contributed by atoms with Gasteiger partial charge in [-0.05, 0) is 49.8 Å². The van der Waals surface area contributed by atoms with Crippen molar-refractivity contribution in [2.24, 2.45) is 11.8 Å². The summed E-state index contributed by atoms with van der Waals surface area (Å²) >= 11 is 0. The summed E-state index contributed by atoms with van der Waals surface area (Å²) in [6.45, 7) is 8.20. The molecule has 43 heavy (non-hydrogen) atoms. The molecule has 10 nitrogen and oxygen atoms in total. The second kappa shape index (κ2) is 11.0. The van der Waals surface area contributed by atoms with Crippen LogP contribution in [0.15, 0.2) is 59.5 Å². The lowest BCUT2D eigenvalue weighted by Gasteiger charge is -2.44. The fourth-order valence-corrected chi connectivity index (χ4v) is 10.8. The van der Waals surface area contributed by atoms with E-state index in [2.05, 4.69) is 19.6 Å². The Labute approximate surface area is 254 Å². The van der Waals surface area contributed by atoms with E-state index in [9.17, 15) is 27.9 Å². The number of amides is 1. The molecule has 1 aliphatic carbocycles. The van der Waals surface area contributed by atoms with Crippen molar-refractivity contribution in [1.29, 1.82) is 0 Å². The van der Waals surface area contributed by atoms with E-state index in [0.29, 0.717) is 12.5 Å². The third-order valence-electron chi connectivity index (χ3n) is 9.44. The van der Waals surface area contributed by atoms with Crippen LogP contribution in [0.4, 0.5) is 4.79 Å². The molecule has 2 heterocycles. The Bertz CT molecular complexity index is 1510. The smallest absolute Gasteiger partial charge is 0.410 e. The van der Waals surface area contributed by atoms with Gasteiger partial charge in [-0.2, -0.15) is 4.31 Å². The average molecular weight is 629 g/mol. The molecule has 2 aromatic carbocycles. The molecule has 0 spiro atoms. The molecule has 2 saturated heterocycles. The number of aliphatic carboxylic acids is 1. The number of rotatable bonds is 9. The van der Waals surface area contributed by atoms with Crippen molar-refractivity contribution in [1.82, 2.24) is 9.21 Å². The first-order chi connectivity index (χ1) is 20.2. The van der Waals surface area contributed by atoms with E-state index in [-0.39, 0.29) is 36.8 Å². The van der Waals surface area contributed by atoms with Crippen LogP contribution in [0.2, 0.25) is 25.7 Å². The van der Waals surface area contributed by atoms with Gasteiger partial charge >= 0.3 is 18.0 Å². The number of carboxylic acid groups (broad SMARTS) is 1. The van der Waals surface area contributed by atoms with Crippen LogP contribution in [0, 0.1) is 18.8 Å². The van der Waals surface area contributed by atoms with Crippen molar-refractivity contribution in [3.8, 4) is 0 Å². The van der Waals surface area contributed by atoms with Gasteiger partial charge in [0.25, 0.3) is 0 Å². The first-order valence-electron chi connectivity index (χ1n) is 14.6. The van der Waals surface area contributed by atoms with Gasteiger partial charge < -0.3 is 19.5 Å². The maximum atomic E-state index is 14.8. The highest BCUT2D eigenvalue weighted by atomic mass is 32.2. The van der Waals surface area contributed by atoms with Crippen molar-refractivity contribution in [2.45, 2.75) is 80.5 Å². The van der Waals surface area contributed by atoms with Crippen LogP contribution in [0.3, 0.4) is 0 Å². The van der Waals surface area contributed by atoms with Crippen LogP contribution in [0.1, 0.15) is 30.4 Å². The third kappa shape index (κ3) is 4.97. The zero-order chi connectivity index (χ0) is 31.4. The third-order valence-corrected chi connectivity index (χ3v) is 13.2. The minimum atomic E-state index is -4.58. The molecule has 0 radical (unpaired) electrons. The number of aryl methyl sites for hydroxylation is 1. The van der Waals surface area contributed by atoms with Crippen LogP contribution < -0.4 is 0 Å². The largest absolute Gasteiger partial charge is 0.480 e. The zero-order valence-corrected chi connectivity index (χ0v) is 27.1. The number of carbonyl (C=O) groups is 3. The van der Waals surface area contributed by atoms with E-state index in [1.165, 1.54) is 24.1 Å². The fraction of sp³-hybridized carbons (Fsp3) is 0.516. The Morgan fingerprint density at radius 3 is 2.28 bits per heavy atom. The maximum absolute atomic E-state index is 14.8. The van der Waals surface area contributed by atoms with E-state index in [1.54, 1.807) is 12.1 Å². The van der Waals surface area contributed by atoms with Gasteiger partial charge in [-0.3, -0.25) is 9.59 Å². The highest BCUT2D eigenvalue weighted by Gasteiger charge is 2.82. The first kappa shape index (κ1) is 31.2. The molecular weight excluding hydrogens is 589 g/mol. The molecule has 3 fully saturated rings. The van der Waals surface area contributed by atoms with E-state index < -0.39 is 59.2 Å². The van der Waals surface area contributed by atoms with Crippen LogP contribution in [-0.4, -0.2) is 79.6 Å². The summed E-state index contributed by atoms with van der Waals surface area (Å²) in [4.78, 5) is 42.8. The standard InChI is InChI=1S/C31H40N2O8SSi/c1-21-11-13-24(14-12-21)42(38,39)33-30(28(36)40-2)16-15-23-19-32(29(37)41-20-22-9-7-6-8-10-22)26(25(23)30)31(33,27(34)35)17-18-43(3,4)5/h6-14,23,25-26H,15-20H2,1-5H3,(H,34,35)/t23-,25-,26+,30-,31+/m0/s1. The number of sulfonamides is 1. The van der Waals surface area contributed by atoms with Crippen molar-refractivity contribution in [2.75, 3.05) is 13.7 Å². The van der Waals surface area contributed by atoms with Gasteiger partial charge in [0.05, 0.1) is 18.0 Å². The molecule has 1 saturated carbocycles. The summed E-state index contributed by atoms with van der Waals surface area (Å²) < 4.78 is 41.5. The van der Waals surface area contributed by atoms with Crippen LogP contribution in [-0.2, 0) is 35.7 Å².